The lowest BCUT2D eigenvalue weighted by atomic mass is 10.2. The predicted octanol–water partition coefficient (Wildman–Crippen LogP) is 3.09. The van der Waals surface area contributed by atoms with Crippen molar-refractivity contribution in [3.8, 4) is 12.3 Å². The molecule has 0 rings (SSSR count). The van der Waals surface area contributed by atoms with Crippen LogP contribution >= 0.6 is 0 Å². The Hall–Kier alpha value is -1.16. The summed E-state index contributed by atoms with van der Waals surface area (Å²) in [4.78, 5) is 0. The molecular formula is C11H21N. The first-order valence-corrected chi connectivity index (χ1v) is 4.27. The van der Waals surface area contributed by atoms with Gasteiger partial charge in [0.15, 0.2) is 0 Å². The van der Waals surface area contributed by atoms with Crippen LogP contribution in [0.3, 0.4) is 0 Å². The van der Waals surface area contributed by atoms with Crippen molar-refractivity contribution in [1.29, 1.82) is 0 Å². The van der Waals surface area contributed by atoms with Gasteiger partial charge in [0.05, 0.1) is 0 Å². The average molecular weight is 167 g/mol. The molecule has 70 valence electrons. The van der Waals surface area contributed by atoms with Crippen LogP contribution in [0.1, 0.15) is 34.6 Å². The van der Waals surface area contributed by atoms with Crippen molar-refractivity contribution in [2.75, 3.05) is 0 Å². The topological polar surface area (TPSA) is 26.0 Å². The molecule has 0 saturated carbocycles. The first kappa shape index (κ1) is 17.1. The van der Waals surface area contributed by atoms with Gasteiger partial charge >= 0.3 is 0 Å². The summed E-state index contributed by atoms with van der Waals surface area (Å²) < 4.78 is 0. The van der Waals surface area contributed by atoms with Crippen LogP contribution in [0.25, 0.3) is 0 Å². The number of hydrogen-bond acceptors (Lipinski definition) is 1. The monoisotopic (exact) mass is 167 g/mol. The lowest BCUT2D eigenvalue weighted by Crippen LogP contribution is -1.94. The second kappa shape index (κ2) is 16.4. The molecule has 0 aromatic heterocycles. The zero-order valence-electron chi connectivity index (χ0n) is 8.94. The van der Waals surface area contributed by atoms with Gasteiger partial charge in [-0.15, -0.1) is 6.42 Å². The van der Waals surface area contributed by atoms with Crippen molar-refractivity contribution in [1.82, 2.24) is 0 Å². The first-order chi connectivity index (χ1) is 5.72. The Balaban J connectivity index is -0.000000175. The minimum absolute atomic E-state index is 0.576. The van der Waals surface area contributed by atoms with Gasteiger partial charge in [0.2, 0.25) is 0 Å². The molecule has 0 atom stereocenters. The summed E-state index contributed by atoms with van der Waals surface area (Å²) in [6, 6.07) is 0. The van der Waals surface area contributed by atoms with Crippen LogP contribution in [0.4, 0.5) is 0 Å². The van der Waals surface area contributed by atoms with Crippen molar-refractivity contribution in [2.24, 2.45) is 5.73 Å². The van der Waals surface area contributed by atoms with Crippen LogP contribution in [0.5, 0.6) is 0 Å². The summed E-state index contributed by atoms with van der Waals surface area (Å²) in [6.45, 7) is 13.2. The Bertz CT molecular complexity index is 158. The molecule has 0 spiro atoms. The van der Waals surface area contributed by atoms with E-state index in [1.165, 1.54) is 6.08 Å². The molecule has 0 radical (unpaired) electrons. The zero-order chi connectivity index (χ0) is 10.6. The molecule has 0 aliphatic rings. The van der Waals surface area contributed by atoms with E-state index < -0.39 is 0 Å². The van der Waals surface area contributed by atoms with E-state index in [1.807, 2.05) is 27.7 Å². The lowest BCUT2D eigenvalue weighted by Gasteiger charge is -1.90. The molecule has 0 bridgehead atoms. The molecular weight excluding hydrogens is 146 g/mol. The normalized spacial score (nSPS) is 8.67. The summed E-state index contributed by atoms with van der Waals surface area (Å²) in [5.41, 5.74) is 6.66. The molecule has 0 fully saturated rings. The third-order valence-corrected chi connectivity index (χ3v) is 0.869. The van der Waals surface area contributed by atoms with E-state index in [9.17, 15) is 0 Å². The van der Waals surface area contributed by atoms with Gasteiger partial charge in [-0.2, -0.15) is 0 Å². The number of nitrogens with two attached hydrogens (primary N) is 1. The van der Waals surface area contributed by atoms with Gasteiger partial charge in [-0.1, -0.05) is 40.2 Å². The maximum Gasteiger partial charge on any atom is 0.0422 e. The first-order valence-electron chi connectivity index (χ1n) is 4.27. The van der Waals surface area contributed by atoms with Gasteiger partial charge in [0.1, 0.15) is 0 Å². The molecule has 0 aliphatic carbocycles. The highest BCUT2D eigenvalue weighted by molar-refractivity contribution is 5.32. The standard InChI is InChI=1S/C7H9N.2C2H6/c1-4-6(3)7(8)5-2;2*1-2/h1,5H,2,8H2,3H3;2*1-2H3/b7-6-;;. The van der Waals surface area contributed by atoms with E-state index >= 15 is 0 Å². The fourth-order valence-electron chi connectivity index (χ4n) is 0.236. The average Bonchev–Trinajstić information content (AvgIpc) is 2.21. The maximum atomic E-state index is 5.35. The number of allylic oxidation sites excluding steroid dienone is 2. The lowest BCUT2D eigenvalue weighted by molar-refractivity contribution is 1.35. The van der Waals surface area contributed by atoms with E-state index in [4.69, 9.17) is 12.2 Å². The van der Waals surface area contributed by atoms with E-state index in [2.05, 4.69) is 12.5 Å². The van der Waals surface area contributed by atoms with Gasteiger partial charge in [0, 0.05) is 11.3 Å². The van der Waals surface area contributed by atoms with Crippen molar-refractivity contribution >= 4 is 0 Å². The van der Waals surface area contributed by atoms with Gasteiger partial charge in [-0.05, 0) is 13.0 Å². The van der Waals surface area contributed by atoms with Crippen LogP contribution < -0.4 is 5.73 Å². The Morgan fingerprint density at radius 2 is 1.67 bits per heavy atom. The van der Waals surface area contributed by atoms with Gasteiger partial charge in [-0.25, -0.2) is 0 Å². The quantitative estimate of drug-likeness (QED) is 0.471. The molecule has 2 N–H and O–H groups in total. The molecule has 1 heteroatoms. The second-order valence-corrected chi connectivity index (χ2v) is 1.43. The summed E-state index contributed by atoms with van der Waals surface area (Å²) >= 11 is 0. The highest BCUT2D eigenvalue weighted by Crippen LogP contribution is 1.94. The molecule has 0 amide bonds. The Labute approximate surface area is 77.4 Å². The summed E-state index contributed by atoms with van der Waals surface area (Å²) in [5.74, 6) is 2.40. The molecule has 1 nitrogen and oxygen atoms in total. The molecule has 0 unspecified atom stereocenters. The molecule has 0 aromatic carbocycles. The number of terminal acetylenes is 1. The smallest absolute Gasteiger partial charge is 0.0422 e. The molecule has 0 aromatic rings. The van der Waals surface area contributed by atoms with Gasteiger partial charge < -0.3 is 5.73 Å². The molecule has 12 heavy (non-hydrogen) atoms. The van der Waals surface area contributed by atoms with E-state index in [0.717, 1.165) is 5.57 Å². The minimum atomic E-state index is 0.576. The number of rotatable bonds is 1. The maximum absolute atomic E-state index is 5.35. The Kier molecular flexibility index (Phi) is 23.4. The van der Waals surface area contributed by atoms with Crippen molar-refractivity contribution < 1.29 is 0 Å². The SMILES string of the molecule is C#C/C(C)=C(\N)C=C.CC.CC. The van der Waals surface area contributed by atoms with Crippen LogP contribution in [-0.4, -0.2) is 0 Å². The summed E-state index contributed by atoms with van der Waals surface area (Å²) in [5, 5.41) is 0. The molecule has 0 saturated heterocycles. The summed E-state index contributed by atoms with van der Waals surface area (Å²) in [7, 11) is 0. The summed E-state index contributed by atoms with van der Waals surface area (Å²) in [6.07, 6.45) is 6.55. The van der Waals surface area contributed by atoms with Crippen LogP contribution in [0, 0.1) is 12.3 Å². The van der Waals surface area contributed by atoms with Crippen LogP contribution in [0.15, 0.2) is 23.9 Å². The highest BCUT2D eigenvalue weighted by atomic mass is 14.6. The minimum Gasteiger partial charge on any atom is -0.398 e. The van der Waals surface area contributed by atoms with Crippen LogP contribution in [-0.2, 0) is 0 Å². The largest absolute Gasteiger partial charge is 0.398 e. The van der Waals surface area contributed by atoms with E-state index in [0.29, 0.717) is 5.70 Å². The fourth-order valence-corrected chi connectivity index (χ4v) is 0.236. The van der Waals surface area contributed by atoms with Crippen molar-refractivity contribution in [2.45, 2.75) is 34.6 Å². The van der Waals surface area contributed by atoms with Gasteiger partial charge in [-0.3, -0.25) is 0 Å². The highest BCUT2D eigenvalue weighted by Gasteiger charge is 1.83. The molecule has 0 heterocycles. The van der Waals surface area contributed by atoms with E-state index in [1.54, 1.807) is 6.92 Å². The fraction of sp³-hybridized carbons (Fsp3) is 0.455. The molecule has 0 aliphatic heterocycles. The third kappa shape index (κ3) is 11.6. The van der Waals surface area contributed by atoms with Gasteiger partial charge in [0.25, 0.3) is 0 Å². The van der Waals surface area contributed by atoms with E-state index in [-0.39, 0.29) is 0 Å². The Morgan fingerprint density at radius 1 is 1.33 bits per heavy atom. The predicted molar refractivity (Wildman–Crippen MR) is 58.6 cm³/mol. The second-order valence-electron chi connectivity index (χ2n) is 1.43. The van der Waals surface area contributed by atoms with Crippen molar-refractivity contribution in [3.05, 3.63) is 23.9 Å². The third-order valence-electron chi connectivity index (χ3n) is 0.869. The zero-order valence-corrected chi connectivity index (χ0v) is 8.94. The van der Waals surface area contributed by atoms with Crippen LogP contribution in [0.2, 0.25) is 0 Å². The van der Waals surface area contributed by atoms with Crippen molar-refractivity contribution in [3.63, 3.8) is 0 Å². The Morgan fingerprint density at radius 3 is 1.75 bits per heavy atom. The number of hydrogen-bond donors (Lipinski definition) is 1.